The summed E-state index contributed by atoms with van der Waals surface area (Å²) in [5.74, 6) is 0.876. The average Bonchev–Trinajstić information content (AvgIpc) is 2.46. The predicted molar refractivity (Wildman–Crippen MR) is 76.9 cm³/mol. The van der Waals surface area contributed by atoms with Crippen LogP contribution in [0.15, 0.2) is 53.4 Å². The zero-order valence-corrected chi connectivity index (χ0v) is 11.2. The van der Waals surface area contributed by atoms with Crippen molar-refractivity contribution in [1.82, 2.24) is 0 Å². The quantitative estimate of drug-likeness (QED) is 0.835. The van der Waals surface area contributed by atoms with Crippen LogP contribution in [-0.2, 0) is 13.2 Å². The lowest BCUT2D eigenvalue weighted by molar-refractivity contribution is 0.306. The number of ether oxygens (including phenoxy) is 1. The molecule has 0 amide bonds. The van der Waals surface area contributed by atoms with Gasteiger partial charge in [-0.2, -0.15) is 0 Å². The molecule has 3 heteroatoms. The molecule has 0 aliphatic rings. The van der Waals surface area contributed by atoms with E-state index in [1.807, 2.05) is 24.3 Å². The molecule has 0 saturated carbocycles. The molecule has 0 aromatic heterocycles. The minimum absolute atomic E-state index is 0.566. The lowest BCUT2D eigenvalue weighted by atomic mass is 10.2. The van der Waals surface area contributed by atoms with Gasteiger partial charge in [0, 0.05) is 11.4 Å². The van der Waals surface area contributed by atoms with E-state index in [2.05, 4.69) is 30.5 Å². The molecule has 0 aliphatic carbocycles. The molecule has 2 rings (SSSR count). The van der Waals surface area contributed by atoms with Gasteiger partial charge in [0.15, 0.2) is 0 Å². The van der Waals surface area contributed by atoms with Crippen LogP contribution < -0.4 is 10.5 Å². The SMILES string of the molecule is CSc1ccc(COc2ccc(CN)cc2)cc1. The fourth-order valence-electron chi connectivity index (χ4n) is 1.61. The molecule has 94 valence electrons. The third kappa shape index (κ3) is 3.52. The van der Waals surface area contributed by atoms with Crippen LogP contribution in [0.2, 0.25) is 0 Å². The Morgan fingerprint density at radius 1 is 0.944 bits per heavy atom. The van der Waals surface area contributed by atoms with E-state index in [0.717, 1.165) is 11.3 Å². The van der Waals surface area contributed by atoms with E-state index in [9.17, 15) is 0 Å². The van der Waals surface area contributed by atoms with Crippen molar-refractivity contribution in [1.29, 1.82) is 0 Å². The third-order valence-electron chi connectivity index (χ3n) is 2.72. The molecule has 0 fully saturated rings. The molecule has 0 unspecified atom stereocenters. The van der Waals surface area contributed by atoms with E-state index >= 15 is 0 Å². The highest BCUT2D eigenvalue weighted by Gasteiger charge is 1.97. The van der Waals surface area contributed by atoms with Crippen molar-refractivity contribution in [3.05, 3.63) is 59.7 Å². The van der Waals surface area contributed by atoms with Crippen LogP contribution >= 0.6 is 11.8 Å². The van der Waals surface area contributed by atoms with Crippen molar-refractivity contribution in [2.75, 3.05) is 6.26 Å². The summed E-state index contributed by atoms with van der Waals surface area (Å²) in [7, 11) is 0. The van der Waals surface area contributed by atoms with Crippen molar-refractivity contribution in [2.45, 2.75) is 18.0 Å². The summed E-state index contributed by atoms with van der Waals surface area (Å²) < 4.78 is 5.72. The fourth-order valence-corrected chi connectivity index (χ4v) is 2.02. The second kappa shape index (κ2) is 6.47. The number of benzene rings is 2. The van der Waals surface area contributed by atoms with E-state index in [4.69, 9.17) is 10.5 Å². The zero-order chi connectivity index (χ0) is 12.8. The van der Waals surface area contributed by atoms with E-state index in [-0.39, 0.29) is 0 Å². The zero-order valence-electron chi connectivity index (χ0n) is 10.4. The summed E-state index contributed by atoms with van der Waals surface area (Å²) in [5, 5.41) is 0. The van der Waals surface area contributed by atoms with Crippen LogP contribution in [0.5, 0.6) is 5.75 Å². The summed E-state index contributed by atoms with van der Waals surface area (Å²) in [6, 6.07) is 16.3. The number of hydrogen-bond acceptors (Lipinski definition) is 3. The molecule has 2 aromatic rings. The van der Waals surface area contributed by atoms with Crippen molar-refractivity contribution in [3.8, 4) is 5.75 Å². The van der Waals surface area contributed by atoms with Crippen molar-refractivity contribution in [3.63, 3.8) is 0 Å². The van der Waals surface area contributed by atoms with Gasteiger partial charge < -0.3 is 10.5 Å². The van der Waals surface area contributed by atoms with Crippen LogP contribution in [0, 0.1) is 0 Å². The van der Waals surface area contributed by atoms with Gasteiger partial charge in [-0.05, 0) is 41.6 Å². The first-order valence-electron chi connectivity index (χ1n) is 5.86. The van der Waals surface area contributed by atoms with Crippen molar-refractivity contribution < 1.29 is 4.74 Å². The number of hydrogen-bond donors (Lipinski definition) is 1. The maximum atomic E-state index is 5.72. The van der Waals surface area contributed by atoms with Crippen LogP contribution in [-0.4, -0.2) is 6.26 Å². The molecular weight excluding hydrogens is 242 g/mol. The first-order chi connectivity index (χ1) is 8.81. The Hall–Kier alpha value is -1.45. The van der Waals surface area contributed by atoms with E-state index < -0.39 is 0 Å². The second-order valence-corrected chi connectivity index (χ2v) is 4.86. The van der Waals surface area contributed by atoms with E-state index in [1.54, 1.807) is 11.8 Å². The van der Waals surface area contributed by atoms with Crippen LogP contribution in [0.3, 0.4) is 0 Å². The summed E-state index contributed by atoms with van der Waals surface area (Å²) in [5.41, 5.74) is 7.84. The Morgan fingerprint density at radius 2 is 1.56 bits per heavy atom. The third-order valence-corrected chi connectivity index (χ3v) is 3.47. The van der Waals surface area contributed by atoms with Gasteiger partial charge in [0.1, 0.15) is 12.4 Å². The molecule has 0 heterocycles. The summed E-state index contributed by atoms with van der Waals surface area (Å²) in [6.07, 6.45) is 2.07. The molecular formula is C15H17NOS. The normalized spacial score (nSPS) is 10.3. The highest BCUT2D eigenvalue weighted by atomic mass is 32.2. The predicted octanol–water partition coefficient (Wildman–Crippen LogP) is 3.45. The molecule has 0 spiro atoms. The Kier molecular flexibility index (Phi) is 4.67. The molecule has 2 nitrogen and oxygen atoms in total. The lowest BCUT2D eigenvalue weighted by Crippen LogP contribution is -1.97. The maximum Gasteiger partial charge on any atom is 0.119 e. The van der Waals surface area contributed by atoms with Gasteiger partial charge in [0.05, 0.1) is 0 Å². The molecule has 0 aliphatic heterocycles. The highest BCUT2D eigenvalue weighted by Crippen LogP contribution is 2.17. The summed E-state index contributed by atoms with van der Waals surface area (Å²) in [4.78, 5) is 1.27. The molecule has 0 radical (unpaired) electrons. The molecule has 0 saturated heterocycles. The number of nitrogens with two attached hydrogens (primary N) is 1. The molecule has 0 atom stereocenters. The topological polar surface area (TPSA) is 35.2 Å². The van der Waals surface area contributed by atoms with Gasteiger partial charge >= 0.3 is 0 Å². The summed E-state index contributed by atoms with van der Waals surface area (Å²) >= 11 is 1.74. The molecule has 2 aromatic carbocycles. The molecule has 2 N–H and O–H groups in total. The minimum atomic E-state index is 0.566. The minimum Gasteiger partial charge on any atom is -0.489 e. The van der Waals surface area contributed by atoms with E-state index in [0.29, 0.717) is 13.2 Å². The average molecular weight is 259 g/mol. The smallest absolute Gasteiger partial charge is 0.119 e. The Morgan fingerprint density at radius 3 is 2.11 bits per heavy atom. The Bertz CT molecular complexity index is 431. The maximum absolute atomic E-state index is 5.72. The monoisotopic (exact) mass is 259 g/mol. The largest absolute Gasteiger partial charge is 0.489 e. The fraction of sp³-hybridized carbons (Fsp3) is 0.200. The molecule has 0 bridgehead atoms. The lowest BCUT2D eigenvalue weighted by Gasteiger charge is -2.07. The van der Waals surface area contributed by atoms with Gasteiger partial charge in [-0.25, -0.2) is 0 Å². The number of thioether (sulfide) groups is 1. The Labute approximate surface area is 112 Å². The van der Waals surface area contributed by atoms with Crippen molar-refractivity contribution in [2.24, 2.45) is 5.73 Å². The van der Waals surface area contributed by atoms with Gasteiger partial charge in [-0.15, -0.1) is 11.8 Å². The standard InChI is InChI=1S/C15H17NOS/c1-18-15-8-4-13(5-9-15)11-17-14-6-2-12(10-16)3-7-14/h2-9H,10-11,16H2,1H3. The van der Waals surface area contributed by atoms with Gasteiger partial charge in [0.25, 0.3) is 0 Å². The van der Waals surface area contributed by atoms with Gasteiger partial charge in [-0.1, -0.05) is 24.3 Å². The first-order valence-corrected chi connectivity index (χ1v) is 7.09. The Balaban J connectivity index is 1.93. The first kappa shape index (κ1) is 13.0. The van der Waals surface area contributed by atoms with E-state index in [1.165, 1.54) is 10.5 Å². The summed E-state index contributed by atoms with van der Waals surface area (Å²) in [6.45, 7) is 1.16. The number of rotatable bonds is 5. The van der Waals surface area contributed by atoms with Crippen LogP contribution in [0.4, 0.5) is 0 Å². The van der Waals surface area contributed by atoms with Crippen molar-refractivity contribution >= 4 is 11.8 Å². The van der Waals surface area contributed by atoms with Gasteiger partial charge in [0.2, 0.25) is 0 Å². The van der Waals surface area contributed by atoms with Crippen LogP contribution in [0.1, 0.15) is 11.1 Å². The molecule has 18 heavy (non-hydrogen) atoms. The highest BCUT2D eigenvalue weighted by molar-refractivity contribution is 7.98. The van der Waals surface area contributed by atoms with Gasteiger partial charge in [-0.3, -0.25) is 0 Å². The second-order valence-electron chi connectivity index (χ2n) is 3.98. The van der Waals surface area contributed by atoms with Crippen LogP contribution in [0.25, 0.3) is 0 Å².